The van der Waals surface area contributed by atoms with Crippen molar-refractivity contribution in [3.8, 4) is 5.75 Å². The number of nitrogens with zero attached hydrogens (tertiary/aromatic N) is 1. The maximum absolute atomic E-state index is 12.6. The van der Waals surface area contributed by atoms with Crippen molar-refractivity contribution in [2.24, 2.45) is 0 Å². The molecule has 0 saturated heterocycles. The number of aromatic amines is 1. The molecule has 1 aromatic carbocycles. The third-order valence-electron chi connectivity index (χ3n) is 4.05. The molecule has 0 saturated carbocycles. The summed E-state index contributed by atoms with van der Waals surface area (Å²) < 4.78 is 5.87. The Kier molecular flexibility index (Phi) is 4.19. The van der Waals surface area contributed by atoms with Gasteiger partial charge < -0.3 is 14.6 Å². The van der Waals surface area contributed by atoms with Crippen LogP contribution in [0.5, 0.6) is 5.75 Å². The standard InChI is InChI=1S/C18H20N2O3/c1-12-6-8-15-13(10-12)7-9-16(23-15)18(22)20(2)11-14-4-3-5-17(21)19-14/h3-6,8,10,16H,7,9,11H2,1-2H3,(H,19,21). The Morgan fingerprint density at radius 2 is 2.17 bits per heavy atom. The number of likely N-dealkylation sites (N-methyl/N-ethyl adjacent to an activating group) is 1. The van der Waals surface area contributed by atoms with Crippen LogP contribution in [0, 0.1) is 6.92 Å². The van der Waals surface area contributed by atoms with Crippen LogP contribution in [-0.4, -0.2) is 28.9 Å². The third-order valence-corrected chi connectivity index (χ3v) is 4.05. The molecule has 1 aliphatic rings. The van der Waals surface area contributed by atoms with E-state index in [1.807, 2.05) is 19.1 Å². The van der Waals surface area contributed by atoms with E-state index in [-0.39, 0.29) is 11.5 Å². The fourth-order valence-electron chi connectivity index (χ4n) is 2.86. The van der Waals surface area contributed by atoms with Gasteiger partial charge in [0.05, 0.1) is 6.54 Å². The minimum absolute atomic E-state index is 0.0686. The molecule has 5 nitrogen and oxygen atoms in total. The molecule has 2 heterocycles. The number of rotatable bonds is 3. The number of nitrogens with one attached hydrogen (secondary N) is 1. The molecule has 5 heteroatoms. The van der Waals surface area contributed by atoms with Gasteiger partial charge in [0.25, 0.3) is 5.91 Å². The molecule has 0 radical (unpaired) electrons. The quantitative estimate of drug-likeness (QED) is 0.943. The van der Waals surface area contributed by atoms with Crippen LogP contribution < -0.4 is 10.3 Å². The first-order valence-electron chi connectivity index (χ1n) is 7.72. The van der Waals surface area contributed by atoms with Gasteiger partial charge in [-0.25, -0.2) is 0 Å². The van der Waals surface area contributed by atoms with Crippen molar-refractivity contribution in [1.82, 2.24) is 9.88 Å². The van der Waals surface area contributed by atoms with Gasteiger partial charge in [-0.1, -0.05) is 23.8 Å². The number of pyridine rings is 1. The van der Waals surface area contributed by atoms with Gasteiger partial charge in [0, 0.05) is 18.8 Å². The van der Waals surface area contributed by atoms with Crippen LogP contribution in [0.25, 0.3) is 0 Å². The SMILES string of the molecule is Cc1ccc2c(c1)CCC(C(=O)N(C)Cc1cccc(=O)[nH]1)O2. The minimum Gasteiger partial charge on any atom is -0.480 e. The maximum Gasteiger partial charge on any atom is 0.263 e. The zero-order chi connectivity index (χ0) is 16.4. The summed E-state index contributed by atoms with van der Waals surface area (Å²) >= 11 is 0. The van der Waals surface area contributed by atoms with Gasteiger partial charge in [-0.3, -0.25) is 9.59 Å². The first kappa shape index (κ1) is 15.3. The Morgan fingerprint density at radius 3 is 2.96 bits per heavy atom. The number of hydrogen-bond donors (Lipinski definition) is 1. The number of hydrogen-bond acceptors (Lipinski definition) is 3. The van der Waals surface area contributed by atoms with Crippen LogP contribution >= 0.6 is 0 Å². The molecule has 120 valence electrons. The molecular weight excluding hydrogens is 292 g/mol. The van der Waals surface area contributed by atoms with Crippen LogP contribution in [0.15, 0.2) is 41.2 Å². The van der Waals surface area contributed by atoms with Crippen LogP contribution in [-0.2, 0) is 17.8 Å². The van der Waals surface area contributed by atoms with Crippen LogP contribution in [0.3, 0.4) is 0 Å². The molecule has 1 atom stereocenters. The number of carbonyl (C=O) groups excluding carboxylic acids is 1. The Morgan fingerprint density at radius 1 is 1.35 bits per heavy atom. The lowest BCUT2D eigenvalue weighted by molar-refractivity contribution is -0.138. The summed E-state index contributed by atoms with van der Waals surface area (Å²) in [6.45, 7) is 2.40. The number of ether oxygens (including phenoxy) is 1. The van der Waals surface area contributed by atoms with Gasteiger partial charge in [-0.2, -0.15) is 0 Å². The van der Waals surface area contributed by atoms with Crippen LogP contribution in [0.1, 0.15) is 23.2 Å². The summed E-state index contributed by atoms with van der Waals surface area (Å²) in [7, 11) is 1.72. The smallest absolute Gasteiger partial charge is 0.263 e. The highest BCUT2D eigenvalue weighted by Crippen LogP contribution is 2.29. The fraction of sp³-hybridized carbons (Fsp3) is 0.333. The van der Waals surface area contributed by atoms with Gasteiger partial charge in [0.2, 0.25) is 5.56 Å². The van der Waals surface area contributed by atoms with Gasteiger partial charge in [0.1, 0.15) is 5.75 Å². The minimum atomic E-state index is -0.467. The van der Waals surface area contributed by atoms with Gasteiger partial charge in [0.15, 0.2) is 6.10 Å². The highest BCUT2D eigenvalue weighted by molar-refractivity contribution is 5.81. The molecule has 1 aromatic heterocycles. The molecule has 2 aromatic rings. The van der Waals surface area contributed by atoms with Crippen molar-refractivity contribution in [3.63, 3.8) is 0 Å². The lowest BCUT2D eigenvalue weighted by atomic mass is 10.00. The number of carbonyl (C=O) groups is 1. The summed E-state index contributed by atoms with van der Waals surface area (Å²) in [4.78, 5) is 28.2. The van der Waals surface area contributed by atoms with Crippen molar-refractivity contribution in [1.29, 1.82) is 0 Å². The predicted octanol–water partition coefficient (Wildman–Crippen LogP) is 2.04. The second-order valence-corrected chi connectivity index (χ2v) is 5.99. The normalized spacial score (nSPS) is 16.3. The zero-order valence-corrected chi connectivity index (χ0v) is 13.3. The highest BCUT2D eigenvalue weighted by Gasteiger charge is 2.28. The van der Waals surface area contributed by atoms with Crippen molar-refractivity contribution in [2.75, 3.05) is 7.05 Å². The average molecular weight is 312 g/mol. The van der Waals surface area contributed by atoms with Crippen LogP contribution in [0.4, 0.5) is 0 Å². The maximum atomic E-state index is 12.6. The van der Waals surface area contributed by atoms with Crippen molar-refractivity contribution in [2.45, 2.75) is 32.4 Å². The third kappa shape index (κ3) is 3.44. The number of fused-ring (bicyclic) bond motifs is 1. The Labute approximate surface area is 134 Å². The number of benzene rings is 1. The molecule has 1 unspecified atom stereocenters. The summed E-state index contributed by atoms with van der Waals surface area (Å²) in [6.07, 6.45) is 1.04. The molecule has 1 N–H and O–H groups in total. The van der Waals surface area contributed by atoms with Crippen molar-refractivity contribution in [3.05, 3.63) is 63.6 Å². The molecule has 0 aliphatic carbocycles. The monoisotopic (exact) mass is 312 g/mol. The highest BCUT2D eigenvalue weighted by atomic mass is 16.5. The Hall–Kier alpha value is -2.56. The van der Waals surface area contributed by atoms with Gasteiger partial charge in [-0.15, -0.1) is 0 Å². The van der Waals surface area contributed by atoms with E-state index in [9.17, 15) is 9.59 Å². The second-order valence-electron chi connectivity index (χ2n) is 5.99. The Balaban J connectivity index is 1.68. The van der Waals surface area contributed by atoms with E-state index in [0.717, 1.165) is 17.7 Å². The number of aromatic nitrogens is 1. The van der Waals surface area contributed by atoms with Crippen LogP contribution in [0.2, 0.25) is 0 Å². The fourth-order valence-corrected chi connectivity index (χ4v) is 2.86. The number of aryl methyl sites for hydroxylation is 2. The van der Waals surface area contributed by atoms with Crippen molar-refractivity contribution >= 4 is 5.91 Å². The first-order valence-corrected chi connectivity index (χ1v) is 7.72. The van der Waals surface area contributed by atoms with Crippen molar-refractivity contribution < 1.29 is 9.53 Å². The van der Waals surface area contributed by atoms with E-state index in [1.165, 1.54) is 11.6 Å². The molecule has 3 rings (SSSR count). The van der Waals surface area contributed by atoms with E-state index < -0.39 is 6.10 Å². The molecule has 0 bridgehead atoms. The average Bonchev–Trinajstić information content (AvgIpc) is 2.53. The van der Waals surface area contributed by atoms with E-state index in [4.69, 9.17) is 4.74 Å². The summed E-state index contributed by atoms with van der Waals surface area (Å²) in [5, 5.41) is 0. The lowest BCUT2D eigenvalue weighted by Crippen LogP contribution is -2.41. The van der Waals surface area contributed by atoms with Gasteiger partial charge >= 0.3 is 0 Å². The predicted molar refractivity (Wildman–Crippen MR) is 87.5 cm³/mol. The van der Waals surface area contributed by atoms with E-state index in [2.05, 4.69) is 11.1 Å². The van der Waals surface area contributed by atoms with Gasteiger partial charge in [-0.05, 0) is 37.5 Å². The Bertz CT molecular complexity index is 782. The second kappa shape index (κ2) is 6.28. The summed E-state index contributed by atoms with van der Waals surface area (Å²) in [5.41, 5.74) is 2.90. The first-order chi connectivity index (χ1) is 11.0. The van der Waals surface area contributed by atoms with E-state index >= 15 is 0 Å². The van der Waals surface area contributed by atoms with E-state index in [0.29, 0.717) is 18.7 Å². The topological polar surface area (TPSA) is 62.4 Å². The lowest BCUT2D eigenvalue weighted by Gasteiger charge is -2.29. The molecule has 0 spiro atoms. The molecule has 1 amide bonds. The number of H-pyrrole nitrogens is 1. The number of amides is 1. The van der Waals surface area contributed by atoms with E-state index in [1.54, 1.807) is 24.1 Å². The molecule has 0 fully saturated rings. The summed E-state index contributed by atoms with van der Waals surface area (Å²) in [6, 6.07) is 11.0. The molecular formula is C18H20N2O3. The molecule has 23 heavy (non-hydrogen) atoms. The largest absolute Gasteiger partial charge is 0.480 e. The zero-order valence-electron chi connectivity index (χ0n) is 13.3. The summed E-state index contributed by atoms with van der Waals surface area (Å²) in [5.74, 6) is 0.725. The molecule has 1 aliphatic heterocycles.